The van der Waals surface area contributed by atoms with E-state index in [1.165, 1.54) is 19.3 Å². The molecular weight excluding hydrogens is 442 g/mol. The summed E-state index contributed by atoms with van der Waals surface area (Å²) in [6.07, 6.45) is 9.07. The maximum absolute atomic E-state index is 13.4. The molecule has 178 valence electrons. The fourth-order valence-corrected chi connectivity index (χ4v) is 6.34. The first-order chi connectivity index (χ1) is 15.5. The molecule has 5 nitrogen and oxygen atoms in total. The number of piperidine rings is 1. The summed E-state index contributed by atoms with van der Waals surface area (Å²) in [6.45, 7) is 7.31. The first-order valence-electron chi connectivity index (χ1n) is 12.2. The molecule has 0 bridgehead atoms. The Morgan fingerprint density at radius 3 is 2.81 bits per heavy atom. The van der Waals surface area contributed by atoms with E-state index in [9.17, 15) is 9.59 Å². The minimum absolute atomic E-state index is 0.0300. The zero-order valence-electron chi connectivity index (χ0n) is 19.5. The van der Waals surface area contributed by atoms with Crippen LogP contribution in [0.2, 0.25) is 5.02 Å². The topological polar surface area (TPSA) is 52.7 Å². The molecule has 0 aromatic heterocycles. The molecule has 3 atom stereocenters. The molecule has 2 aliphatic rings. The van der Waals surface area contributed by atoms with Gasteiger partial charge in [-0.25, -0.2) is 0 Å². The van der Waals surface area contributed by atoms with E-state index in [0.717, 1.165) is 45.2 Å². The van der Waals surface area contributed by atoms with Crippen molar-refractivity contribution >= 4 is 35.2 Å². The standard InChI is InChI=1S/C25H38ClN3O2S/c1-3-4-5-13-23-29(25(31)20-11-8-12-21(26)17-20)22(18-32-23)24(30)27-14-9-16-28-15-7-6-10-19(28)2/h8,11-12,17,19,22-23H,3-7,9-10,13-16,18H2,1-2H3,(H,27,30). The molecule has 2 amide bonds. The number of rotatable bonds is 10. The summed E-state index contributed by atoms with van der Waals surface area (Å²) in [5.41, 5.74) is 0.553. The van der Waals surface area contributed by atoms with Gasteiger partial charge in [0.2, 0.25) is 5.91 Å². The van der Waals surface area contributed by atoms with Crippen LogP contribution in [0.5, 0.6) is 0 Å². The summed E-state index contributed by atoms with van der Waals surface area (Å²) < 4.78 is 0. The Morgan fingerprint density at radius 1 is 1.22 bits per heavy atom. The highest BCUT2D eigenvalue weighted by atomic mass is 35.5. The first-order valence-corrected chi connectivity index (χ1v) is 13.7. The van der Waals surface area contributed by atoms with E-state index in [0.29, 0.717) is 28.9 Å². The van der Waals surface area contributed by atoms with Gasteiger partial charge in [-0.05, 0) is 57.4 Å². The van der Waals surface area contributed by atoms with Crippen LogP contribution in [-0.4, -0.2) is 64.5 Å². The van der Waals surface area contributed by atoms with Gasteiger partial charge in [0.25, 0.3) is 5.91 Å². The van der Waals surface area contributed by atoms with E-state index in [2.05, 4.69) is 24.1 Å². The highest BCUT2D eigenvalue weighted by Gasteiger charge is 2.41. The van der Waals surface area contributed by atoms with Crippen LogP contribution in [0.25, 0.3) is 0 Å². The van der Waals surface area contributed by atoms with Crippen molar-refractivity contribution in [2.75, 3.05) is 25.4 Å². The molecule has 0 aliphatic carbocycles. The van der Waals surface area contributed by atoms with Crippen molar-refractivity contribution in [2.45, 2.75) is 82.7 Å². The Hall–Kier alpha value is -1.24. The fraction of sp³-hybridized carbons (Fsp3) is 0.680. The van der Waals surface area contributed by atoms with E-state index in [1.54, 1.807) is 36.0 Å². The van der Waals surface area contributed by atoms with Crippen LogP contribution in [0, 0.1) is 0 Å². The summed E-state index contributed by atoms with van der Waals surface area (Å²) in [7, 11) is 0. The number of thioether (sulfide) groups is 1. The van der Waals surface area contributed by atoms with Crippen LogP contribution >= 0.6 is 23.4 Å². The number of halogens is 1. The van der Waals surface area contributed by atoms with Gasteiger partial charge >= 0.3 is 0 Å². The molecule has 2 aliphatic heterocycles. The number of benzene rings is 1. The van der Waals surface area contributed by atoms with E-state index >= 15 is 0 Å². The van der Waals surface area contributed by atoms with Gasteiger partial charge in [-0.15, -0.1) is 11.8 Å². The predicted octanol–water partition coefficient (Wildman–Crippen LogP) is 5.18. The smallest absolute Gasteiger partial charge is 0.255 e. The molecule has 1 aromatic rings. The Balaban J connectivity index is 1.59. The van der Waals surface area contributed by atoms with Gasteiger partial charge in [0.15, 0.2) is 0 Å². The monoisotopic (exact) mass is 479 g/mol. The second-order valence-electron chi connectivity index (χ2n) is 9.05. The summed E-state index contributed by atoms with van der Waals surface area (Å²) in [5, 5.41) is 3.70. The number of unbranched alkanes of at least 4 members (excludes halogenated alkanes) is 2. The summed E-state index contributed by atoms with van der Waals surface area (Å²) in [6, 6.07) is 7.26. The Labute approximate surface area is 202 Å². The lowest BCUT2D eigenvalue weighted by Crippen LogP contribution is -2.50. The van der Waals surface area contributed by atoms with Gasteiger partial charge in [-0.1, -0.05) is 50.3 Å². The van der Waals surface area contributed by atoms with Crippen molar-refractivity contribution in [2.24, 2.45) is 0 Å². The number of hydrogen-bond donors (Lipinski definition) is 1. The number of likely N-dealkylation sites (tertiary alicyclic amines) is 1. The Bertz CT molecular complexity index is 762. The van der Waals surface area contributed by atoms with E-state index in [4.69, 9.17) is 11.6 Å². The number of carbonyl (C=O) groups excluding carboxylic acids is 2. The summed E-state index contributed by atoms with van der Waals surface area (Å²) in [5.74, 6) is 0.525. The van der Waals surface area contributed by atoms with Crippen molar-refractivity contribution in [1.29, 1.82) is 0 Å². The van der Waals surface area contributed by atoms with Gasteiger partial charge in [0, 0.05) is 35.5 Å². The van der Waals surface area contributed by atoms with E-state index in [1.807, 2.05) is 4.90 Å². The van der Waals surface area contributed by atoms with Gasteiger partial charge in [-0.3, -0.25) is 9.59 Å². The number of carbonyl (C=O) groups is 2. The van der Waals surface area contributed by atoms with Crippen LogP contribution < -0.4 is 5.32 Å². The average molecular weight is 480 g/mol. The minimum atomic E-state index is -0.424. The second kappa shape index (κ2) is 12.9. The lowest BCUT2D eigenvalue weighted by molar-refractivity contribution is -0.124. The predicted molar refractivity (Wildman–Crippen MR) is 134 cm³/mol. The maximum atomic E-state index is 13.4. The molecule has 0 saturated carbocycles. The Kier molecular flexibility index (Phi) is 10.2. The van der Waals surface area contributed by atoms with Gasteiger partial charge < -0.3 is 15.1 Å². The molecule has 3 rings (SSSR count). The van der Waals surface area contributed by atoms with Gasteiger partial charge in [-0.2, -0.15) is 0 Å². The molecule has 2 saturated heterocycles. The molecule has 1 N–H and O–H groups in total. The Morgan fingerprint density at radius 2 is 2.06 bits per heavy atom. The lowest BCUT2D eigenvalue weighted by Gasteiger charge is -2.33. The minimum Gasteiger partial charge on any atom is -0.354 e. The maximum Gasteiger partial charge on any atom is 0.255 e. The van der Waals surface area contributed by atoms with Crippen LogP contribution in [0.15, 0.2) is 24.3 Å². The number of nitrogens with one attached hydrogen (secondary N) is 1. The van der Waals surface area contributed by atoms with Crippen molar-refractivity contribution < 1.29 is 9.59 Å². The molecule has 0 spiro atoms. The SMILES string of the molecule is CCCCCC1SCC(C(=O)NCCCN2CCCCC2C)N1C(=O)c1cccc(Cl)c1. The normalized spacial score (nSPS) is 24.0. The molecule has 0 radical (unpaired) electrons. The summed E-state index contributed by atoms with van der Waals surface area (Å²) in [4.78, 5) is 30.8. The lowest BCUT2D eigenvalue weighted by atomic mass is 10.0. The molecule has 32 heavy (non-hydrogen) atoms. The van der Waals surface area contributed by atoms with Crippen LogP contribution in [0.1, 0.15) is 75.6 Å². The number of nitrogens with zero attached hydrogens (tertiary/aromatic N) is 2. The van der Waals surface area contributed by atoms with Crippen molar-refractivity contribution in [3.63, 3.8) is 0 Å². The zero-order chi connectivity index (χ0) is 22.9. The van der Waals surface area contributed by atoms with Gasteiger partial charge in [0.1, 0.15) is 6.04 Å². The molecule has 1 aromatic carbocycles. The molecule has 2 fully saturated rings. The number of amides is 2. The third kappa shape index (κ3) is 6.88. The van der Waals surface area contributed by atoms with Crippen LogP contribution in [0.4, 0.5) is 0 Å². The van der Waals surface area contributed by atoms with Crippen molar-refractivity contribution in [3.8, 4) is 0 Å². The molecule has 2 heterocycles. The van der Waals surface area contributed by atoms with Crippen molar-refractivity contribution in [1.82, 2.24) is 15.1 Å². The summed E-state index contributed by atoms with van der Waals surface area (Å²) >= 11 is 7.86. The highest BCUT2D eigenvalue weighted by Crippen LogP contribution is 2.34. The molecular formula is C25H38ClN3O2S. The van der Waals surface area contributed by atoms with Gasteiger partial charge in [0.05, 0.1) is 5.37 Å². The second-order valence-corrected chi connectivity index (χ2v) is 10.7. The van der Waals surface area contributed by atoms with E-state index < -0.39 is 6.04 Å². The zero-order valence-corrected chi connectivity index (χ0v) is 21.1. The highest BCUT2D eigenvalue weighted by molar-refractivity contribution is 8.00. The van der Waals surface area contributed by atoms with Crippen LogP contribution in [0.3, 0.4) is 0 Å². The largest absolute Gasteiger partial charge is 0.354 e. The fourth-order valence-electron chi connectivity index (χ4n) is 4.70. The third-order valence-electron chi connectivity index (χ3n) is 6.62. The molecule has 7 heteroatoms. The number of hydrogen-bond acceptors (Lipinski definition) is 4. The van der Waals surface area contributed by atoms with Crippen LogP contribution in [-0.2, 0) is 4.79 Å². The third-order valence-corrected chi connectivity index (χ3v) is 8.21. The quantitative estimate of drug-likeness (QED) is 0.469. The average Bonchev–Trinajstić information content (AvgIpc) is 3.21. The molecule has 3 unspecified atom stereocenters. The van der Waals surface area contributed by atoms with Crippen molar-refractivity contribution in [3.05, 3.63) is 34.9 Å². The first kappa shape index (κ1) is 25.4. The van der Waals surface area contributed by atoms with E-state index in [-0.39, 0.29) is 17.2 Å².